The van der Waals surface area contributed by atoms with Gasteiger partial charge in [-0.05, 0) is 19.1 Å². The fourth-order valence-corrected chi connectivity index (χ4v) is 1.72. The largest absolute Gasteiger partial charge is 0.383 e. The minimum atomic E-state index is -0.718. The van der Waals surface area contributed by atoms with E-state index in [1.807, 2.05) is 19.1 Å². The first-order chi connectivity index (χ1) is 7.51. The number of hydrogen-bond donors (Lipinski definition) is 2. The summed E-state index contributed by atoms with van der Waals surface area (Å²) in [6.45, 7) is 6.73. The van der Waals surface area contributed by atoms with E-state index in [-0.39, 0.29) is 5.92 Å². The second kappa shape index (κ2) is 5.48. The van der Waals surface area contributed by atoms with Crippen LogP contribution >= 0.6 is 0 Å². The van der Waals surface area contributed by atoms with Gasteiger partial charge in [0.1, 0.15) is 0 Å². The van der Waals surface area contributed by atoms with E-state index in [9.17, 15) is 0 Å². The zero-order chi connectivity index (χ0) is 12.2. The molecule has 0 saturated carbocycles. The minimum Gasteiger partial charge on any atom is -0.383 e. The molecular formula is C12H23N3O. The Bertz CT molecular complexity index is 284. The van der Waals surface area contributed by atoms with Crippen molar-refractivity contribution in [1.82, 2.24) is 4.90 Å². The van der Waals surface area contributed by atoms with Gasteiger partial charge in [-0.1, -0.05) is 13.0 Å². The fraction of sp³-hybridized carbons (Fsp3) is 0.667. The maximum absolute atomic E-state index is 5.93. The number of methoxy groups -OCH3 is 1. The van der Waals surface area contributed by atoms with E-state index in [0.29, 0.717) is 0 Å². The number of nitrogens with zero attached hydrogens (tertiary/aromatic N) is 1. The summed E-state index contributed by atoms with van der Waals surface area (Å²) in [5.74, 6) is 0.143. The first-order valence-electron chi connectivity index (χ1n) is 5.74. The Morgan fingerprint density at radius 2 is 2.19 bits per heavy atom. The second-order valence-corrected chi connectivity index (χ2v) is 4.29. The molecule has 4 nitrogen and oxygen atoms in total. The summed E-state index contributed by atoms with van der Waals surface area (Å²) in [5.41, 5.74) is 12.3. The van der Waals surface area contributed by atoms with Crippen LogP contribution in [0.15, 0.2) is 23.9 Å². The van der Waals surface area contributed by atoms with Crippen molar-refractivity contribution < 1.29 is 4.74 Å². The topological polar surface area (TPSA) is 64.5 Å². The van der Waals surface area contributed by atoms with Crippen LogP contribution in [-0.2, 0) is 4.74 Å². The van der Waals surface area contributed by atoms with Gasteiger partial charge in [0.25, 0.3) is 0 Å². The zero-order valence-electron chi connectivity index (χ0n) is 10.4. The van der Waals surface area contributed by atoms with E-state index in [2.05, 4.69) is 17.9 Å². The maximum atomic E-state index is 5.93. The lowest BCUT2D eigenvalue weighted by Gasteiger charge is -2.33. The quantitative estimate of drug-likeness (QED) is 0.675. The van der Waals surface area contributed by atoms with Crippen molar-refractivity contribution in [3.05, 3.63) is 23.9 Å². The molecule has 4 heteroatoms. The molecule has 0 aromatic carbocycles. The minimum absolute atomic E-state index is 0.143. The van der Waals surface area contributed by atoms with E-state index in [4.69, 9.17) is 16.2 Å². The van der Waals surface area contributed by atoms with Crippen LogP contribution in [0.3, 0.4) is 0 Å². The van der Waals surface area contributed by atoms with Gasteiger partial charge in [-0.15, -0.1) is 0 Å². The van der Waals surface area contributed by atoms with Gasteiger partial charge >= 0.3 is 0 Å². The average Bonchev–Trinajstić information content (AvgIpc) is 2.24. The fourth-order valence-electron chi connectivity index (χ4n) is 1.72. The monoisotopic (exact) mass is 225 g/mol. The Hall–Kier alpha value is -0.840. The van der Waals surface area contributed by atoms with Gasteiger partial charge in [-0.2, -0.15) is 0 Å². The number of rotatable bonds is 5. The van der Waals surface area contributed by atoms with E-state index in [1.165, 1.54) is 5.70 Å². The van der Waals surface area contributed by atoms with Gasteiger partial charge in [0.2, 0.25) is 0 Å². The third-order valence-corrected chi connectivity index (χ3v) is 3.06. The molecule has 0 aliphatic heterocycles. The summed E-state index contributed by atoms with van der Waals surface area (Å²) < 4.78 is 5.09. The van der Waals surface area contributed by atoms with E-state index in [0.717, 1.165) is 19.7 Å². The molecule has 0 spiro atoms. The Labute approximate surface area is 97.9 Å². The van der Waals surface area contributed by atoms with Crippen LogP contribution in [0.2, 0.25) is 0 Å². The van der Waals surface area contributed by atoms with Crippen LogP contribution < -0.4 is 11.5 Å². The maximum Gasteiger partial charge on any atom is 0.0894 e. The number of ether oxygens (including phenoxy) is 1. The number of allylic oxidation sites excluding steroid dienone is 1. The van der Waals surface area contributed by atoms with Crippen LogP contribution in [0.25, 0.3) is 0 Å². The molecule has 0 fully saturated rings. The highest BCUT2D eigenvalue weighted by Gasteiger charge is 2.26. The Balaban J connectivity index is 2.70. The van der Waals surface area contributed by atoms with Crippen LogP contribution in [0.5, 0.6) is 0 Å². The SMILES string of the molecule is CCN(CCOC)C1=CC(C)C(N)(N)C=C1. The normalized spacial score (nSPS) is 23.1. The van der Waals surface area contributed by atoms with Crippen molar-refractivity contribution in [1.29, 1.82) is 0 Å². The Morgan fingerprint density at radius 1 is 1.50 bits per heavy atom. The number of likely N-dealkylation sites (N-methyl/N-ethyl adjacent to an activating group) is 1. The van der Waals surface area contributed by atoms with Gasteiger partial charge in [-0.25, -0.2) is 0 Å². The first-order valence-corrected chi connectivity index (χ1v) is 5.74. The molecule has 16 heavy (non-hydrogen) atoms. The lowest BCUT2D eigenvalue weighted by molar-refractivity contribution is 0.167. The molecular weight excluding hydrogens is 202 g/mol. The molecule has 0 heterocycles. The van der Waals surface area contributed by atoms with Crippen molar-refractivity contribution in [3.63, 3.8) is 0 Å². The van der Waals surface area contributed by atoms with Gasteiger partial charge in [-0.3, -0.25) is 0 Å². The predicted molar refractivity (Wildman–Crippen MR) is 66.6 cm³/mol. The zero-order valence-corrected chi connectivity index (χ0v) is 10.4. The van der Waals surface area contributed by atoms with Crippen molar-refractivity contribution in [3.8, 4) is 0 Å². The van der Waals surface area contributed by atoms with Gasteiger partial charge in [0.05, 0.1) is 12.3 Å². The lowest BCUT2D eigenvalue weighted by Crippen LogP contribution is -2.53. The van der Waals surface area contributed by atoms with Gasteiger partial charge in [0.15, 0.2) is 0 Å². The average molecular weight is 225 g/mol. The molecule has 1 rings (SSSR count). The smallest absolute Gasteiger partial charge is 0.0894 e. The third kappa shape index (κ3) is 3.07. The van der Waals surface area contributed by atoms with Gasteiger partial charge in [0, 0.05) is 31.8 Å². The van der Waals surface area contributed by atoms with E-state index in [1.54, 1.807) is 7.11 Å². The molecule has 92 valence electrons. The second-order valence-electron chi connectivity index (χ2n) is 4.29. The van der Waals surface area contributed by atoms with Crippen molar-refractivity contribution in [2.75, 3.05) is 26.8 Å². The Morgan fingerprint density at radius 3 is 2.69 bits per heavy atom. The summed E-state index contributed by atoms with van der Waals surface area (Å²) in [6, 6.07) is 0. The molecule has 0 radical (unpaired) electrons. The van der Waals surface area contributed by atoms with E-state index >= 15 is 0 Å². The summed E-state index contributed by atoms with van der Waals surface area (Å²) in [5, 5.41) is 0. The standard InChI is InChI=1S/C12H23N3O/c1-4-15(7-8-16-3)11-5-6-12(13,14)10(2)9-11/h5-6,9-10H,4,7-8,13-14H2,1-3H3. The first kappa shape index (κ1) is 13.2. The van der Waals surface area contributed by atoms with Crippen LogP contribution in [0, 0.1) is 5.92 Å². The van der Waals surface area contributed by atoms with Crippen molar-refractivity contribution in [2.45, 2.75) is 19.5 Å². The van der Waals surface area contributed by atoms with Crippen molar-refractivity contribution in [2.24, 2.45) is 17.4 Å². The molecule has 4 N–H and O–H groups in total. The number of hydrogen-bond acceptors (Lipinski definition) is 4. The molecule has 0 aromatic rings. The molecule has 0 aromatic heterocycles. The molecule has 1 aliphatic rings. The molecule has 0 bridgehead atoms. The Kier molecular flexibility index (Phi) is 4.53. The van der Waals surface area contributed by atoms with Gasteiger partial charge < -0.3 is 21.1 Å². The van der Waals surface area contributed by atoms with Crippen LogP contribution in [-0.4, -0.2) is 37.4 Å². The summed E-state index contributed by atoms with van der Waals surface area (Å²) in [6.07, 6.45) is 6.00. The highest BCUT2D eigenvalue weighted by atomic mass is 16.5. The predicted octanol–water partition coefficient (Wildman–Crippen LogP) is 0.658. The highest BCUT2D eigenvalue weighted by molar-refractivity contribution is 5.29. The number of nitrogens with two attached hydrogens (primary N) is 2. The summed E-state index contributed by atoms with van der Waals surface area (Å²) >= 11 is 0. The van der Waals surface area contributed by atoms with Crippen LogP contribution in [0.1, 0.15) is 13.8 Å². The molecule has 1 unspecified atom stereocenters. The van der Waals surface area contributed by atoms with E-state index < -0.39 is 5.66 Å². The molecule has 1 aliphatic carbocycles. The molecule has 0 amide bonds. The van der Waals surface area contributed by atoms with Crippen LogP contribution in [0.4, 0.5) is 0 Å². The molecule has 1 atom stereocenters. The lowest BCUT2D eigenvalue weighted by atomic mass is 9.90. The van der Waals surface area contributed by atoms with Crippen molar-refractivity contribution >= 4 is 0 Å². The third-order valence-electron chi connectivity index (χ3n) is 3.06. The summed E-state index contributed by atoms with van der Waals surface area (Å²) in [7, 11) is 1.71. The highest BCUT2D eigenvalue weighted by Crippen LogP contribution is 2.22. The molecule has 0 saturated heterocycles. The summed E-state index contributed by atoms with van der Waals surface area (Å²) in [4.78, 5) is 2.26.